The molecule has 3 N–H and O–H groups in total. The minimum Gasteiger partial charge on any atom is -0.489 e. The van der Waals surface area contributed by atoms with E-state index in [-0.39, 0.29) is 37.9 Å². The molecular formula is C22H29N3O7. The van der Waals surface area contributed by atoms with Crippen molar-refractivity contribution in [1.82, 2.24) is 9.80 Å². The highest BCUT2D eigenvalue weighted by Gasteiger charge is 2.36. The highest BCUT2D eigenvalue weighted by molar-refractivity contribution is 6.01. The van der Waals surface area contributed by atoms with Crippen molar-refractivity contribution >= 4 is 23.9 Å². The number of nitrogens with two attached hydrogens (primary N) is 1. The number of carboxylic acid groups (broad SMARTS) is 1. The number of nitrogens with zero attached hydrogens (tertiary/aromatic N) is 2. The molecule has 0 spiro atoms. The largest absolute Gasteiger partial charge is 0.489 e. The lowest BCUT2D eigenvalue weighted by Gasteiger charge is -2.25. The molecule has 2 heterocycles. The number of esters is 1. The third-order valence-electron chi connectivity index (χ3n) is 5.37. The van der Waals surface area contributed by atoms with E-state index in [1.165, 1.54) is 9.80 Å². The maximum absolute atomic E-state index is 12.9. The Bertz CT molecular complexity index is 925. The summed E-state index contributed by atoms with van der Waals surface area (Å²) in [5.74, 6) is -0.959. The molecular weight excluding hydrogens is 418 g/mol. The average Bonchev–Trinajstić information content (AvgIpc) is 3.25. The van der Waals surface area contributed by atoms with Crippen molar-refractivity contribution < 1.29 is 33.8 Å². The van der Waals surface area contributed by atoms with E-state index in [0.717, 1.165) is 0 Å². The van der Waals surface area contributed by atoms with Crippen molar-refractivity contribution in [3.8, 4) is 5.75 Å². The standard InChI is InChI=1S/C22H29N3O7/c1-22(2,3)32-18(26)7-6-17(19(23)27)25-11-13-10-14(4-5-16(13)20(25)28)31-15-8-9-24(12-15)21(29)30/h4-5,10,15,17H,6-9,11-12H2,1-3H3,(H2,23,27)(H,29,30)/t15-,17-/m0/s1. The van der Waals surface area contributed by atoms with Gasteiger partial charge in [-0.15, -0.1) is 0 Å². The summed E-state index contributed by atoms with van der Waals surface area (Å²) in [6.45, 7) is 6.12. The van der Waals surface area contributed by atoms with Gasteiger partial charge in [0.15, 0.2) is 0 Å². The molecule has 1 saturated heterocycles. The fraction of sp³-hybridized carbons (Fsp3) is 0.545. The van der Waals surface area contributed by atoms with E-state index in [1.807, 2.05) is 0 Å². The van der Waals surface area contributed by atoms with E-state index in [2.05, 4.69) is 0 Å². The van der Waals surface area contributed by atoms with Gasteiger partial charge in [0, 0.05) is 31.5 Å². The van der Waals surface area contributed by atoms with E-state index < -0.39 is 29.6 Å². The van der Waals surface area contributed by atoms with Crippen molar-refractivity contribution in [1.29, 1.82) is 0 Å². The quantitative estimate of drug-likeness (QED) is 0.607. The van der Waals surface area contributed by atoms with Crippen molar-refractivity contribution in [2.75, 3.05) is 13.1 Å². The molecule has 2 aliphatic rings. The van der Waals surface area contributed by atoms with Gasteiger partial charge < -0.3 is 30.1 Å². The predicted octanol–water partition coefficient (Wildman–Crippen LogP) is 1.75. The Balaban J connectivity index is 1.65. The van der Waals surface area contributed by atoms with Crippen LogP contribution in [0.3, 0.4) is 0 Å². The summed E-state index contributed by atoms with van der Waals surface area (Å²) in [7, 11) is 0. The van der Waals surface area contributed by atoms with Gasteiger partial charge in [0.25, 0.3) is 5.91 Å². The molecule has 1 aromatic rings. The van der Waals surface area contributed by atoms with E-state index in [4.69, 9.17) is 20.3 Å². The molecule has 10 nitrogen and oxygen atoms in total. The van der Waals surface area contributed by atoms with Crippen molar-refractivity contribution in [3.05, 3.63) is 29.3 Å². The zero-order valence-electron chi connectivity index (χ0n) is 18.5. The lowest BCUT2D eigenvalue weighted by molar-refractivity contribution is -0.155. The molecule has 0 aromatic heterocycles. The molecule has 2 atom stereocenters. The topological polar surface area (TPSA) is 139 Å². The minimum absolute atomic E-state index is 0.0406. The van der Waals surface area contributed by atoms with Crippen LogP contribution in [0.25, 0.3) is 0 Å². The number of likely N-dealkylation sites (tertiary alicyclic amines) is 1. The van der Waals surface area contributed by atoms with Crippen LogP contribution in [0, 0.1) is 0 Å². The maximum atomic E-state index is 12.9. The average molecular weight is 447 g/mol. The maximum Gasteiger partial charge on any atom is 0.407 e. The molecule has 1 fully saturated rings. The van der Waals surface area contributed by atoms with Crippen LogP contribution in [0.1, 0.15) is 56.0 Å². The molecule has 3 rings (SSSR count). The van der Waals surface area contributed by atoms with E-state index >= 15 is 0 Å². The normalized spacial score (nSPS) is 19.0. The van der Waals surface area contributed by atoms with Gasteiger partial charge in [-0.3, -0.25) is 14.4 Å². The summed E-state index contributed by atoms with van der Waals surface area (Å²) < 4.78 is 11.2. The molecule has 32 heavy (non-hydrogen) atoms. The number of ether oxygens (including phenoxy) is 2. The second-order valence-electron chi connectivity index (χ2n) is 9.05. The molecule has 0 aliphatic carbocycles. The van der Waals surface area contributed by atoms with Gasteiger partial charge in [0.05, 0.1) is 6.54 Å². The zero-order chi connectivity index (χ0) is 23.6. The SMILES string of the molecule is CC(C)(C)OC(=O)CC[C@@H](C(N)=O)N1Cc2cc(O[C@H]3CCN(C(=O)O)C3)ccc2C1=O. The van der Waals surface area contributed by atoms with Gasteiger partial charge in [-0.05, 0) is 51.0 Å². The molecule has 3 amide bonds. The first-order chi connectivity index (χ1) is 14.9. The Morgan fingerprint density at radius 2 is 2.00 bits per heavy atom. The van der Waals surface area contributed by atoms with Gasteiger partial charge in [-0.2, -0.15) is 0 Å². The molecule has 174 valence electrons. The van der Waals surface area contributed by atoms with Crippen molar-refractivity contribution in [2.24, 2.45) is 5.73 Å². The Kier molecular flexibility index (Phi) is 6.61. The second-order valence-corrected chi connectivity index (χ2v) is 9.05. The molecule has 2 aliphatic heterocycles. The lowest BCUT2D eigenvalue weighted by Crippen LogP contribution is -2.45. The number of fused-ring (bicyclic) bond motifs is 1. The summed E-state index contributed by atoms with van der Waals surface area (Å²) >= 11 is 0. The third-order valence-corrected chi connectivity index (χ3v) is 5.37. The number of carbonyl (C=O) groups excluding carboxylic acids is 3. The highest BCUT2D eigenvalue weighted by Crippen LogP contribution is 2.30. The Labute approximate surface area is 186 Å². The van der Waals surface area contributed by atoms with Crippen LogP contribution in [0.4, 0.5) is 4.79 Å². The molecule has 1 aromatic carbocycles. The molecule has 0 saturated carbocycles. The van der Waals surface area contributed by atoms with Gasteiger partial charge in [-0.25, -0.2) is 4.79 Å². The number of rotatable bonds is 7. The predicted molar refractivity (Wildman–Crippen MR) is 113 cm³/mol. The molecule has 0 radical (unpaired) electrons. The van der Waals surface area contributed by atoms with Crippen LogP contribution in [-0.2, 0) is 20.9 Å². The Morgan fingerprint density at radius 3 is 2.59 bits per heavy atom. The monoisotopic (exact) mass is 447 g/mol. The first kappa shape index (κ1) is 23.4. The van der Waals surface area contributed by atoms with Crippen LogP contribution in [0.5, 0.6) is 5.75 Å². The van der Waals surface area contributed by atoms with E-state index in [1.54, 1.807) is 39.0 Å². The van der Waals surface area contributed by atoms with E-state index in [9.17, 15) is 19.2 Å². The summed E-state index contributed by atoms with van der Waals surface area (Å²) in [5, 5.41) is 9.07. The molecule has 0 unspecified atom stereocenters. The van der Waals surface area contributed by atoms with Gasteiger partial charge in [0.2, 0.25) is 5.91 Å². The number of primary amides is 1. The molecule has 0 bridgehead atoms. The van der Waals surface area contributed by atoms with Gasteiger partial charge >= 0.3 is 12.1 Å². The van der Waals surface area contributed by atoms with Crippen LogP contribution < -0.4 is 10.5 Å². The molecule has 10 heteroatoms. The van der Waals surface area contributed by atoms with Crippen LogP contribution >= 0.6 is 0 Å². The summed E-state index contributed by atoms with van der Waals surface area (Å²) in [6, 6.07) is 4.07. The highest BCUT2D eigenvalue weighted by atomic mass is 16.6. The summed E-state index contributed by atoms with van der Waals surface area (Å²) in [4.78, 5) is 50.7. The van der Waals surface area contributed by atoms with Gasteiger partial charge in [-0.1, -0.05) is 0 Å². The number of amides is 3. The zero-order valence-corrected chi connectivity index (χ0v) is 18.5. The first-order valence-corrected chi connectivity index (χ1v) is 10.5. The van der Waals surface area contributed by atoms with Crippen LogP contribution in [-0.4, -0.2) is 69.6 Å². The van der Waals surface area contributed by atoms with Crippen LogP contribution in [0.15, 0.2) is 18.2 Å². The number of hydrogen-bond donors (Lipinski definition) is 2. The fourth-order valence-electron chi connectivity index (χ4n) is 3.93. The van der Waals surface area contributed by atoms with E-state index in [0.29, 0.717) is 29.8 Å². The smallest absolute Gasteiger partial charge is 0.407 e. The first-order valence-electron chi connectivity index (χ1n) is 10.5. The second kappa shape index (κ2) is 9.05. The number of hydrogen-bond acceptors (Lipinski definition) is 6. The fourth-order valence-corrected chi connectivity index (χ4v) is 3.93. The number of carbonyl (C=O) groups is 4. The van der Waals surface area contributed by atoms with Crippen molar-refractivity contribution in [2.45, 2.75) is 64.3 Å². The van der Waals surface area contributed by atoms with Gasteiger partial charge in [0.1, 0.15) is 23.5 Å². The van der Waals surface area contributed by atoms with Crippen molar-refractivity contribution in [3.63, 3.8) is 0 Å². The Hall–Kier alpha value is -3.30. The number of benzene rings is 1. The minimum atomic E-state index is -0.977. The lowest BCUT2D eigenvalue weighted by atomic mass is 10.1. The summed E-state index contributed by atoms with van der Waals surface area (Å²) in [5.41, 5.74) is 6.03. The third kappa shape index (κ3) is 5.49. The summed E-state index contributed by atoms with van der Waals surface area (Å²) in [6.07, 6.45) is -0.621. The Morgan fingerprint density at radius 1 is 1.28 bits per heavy atom. The van der Waals surface area contributed by atoms with Crippen LogP contribution in [0.2, 0.25) is 0 Å².